The standard InChI is InChI=1S/C42H51N9O6/c1-23(2)17-30-22-56-31-15-13-29(14-16-31)20-33(46-39(53)32-18-25(5)43-42-36(32)26(6)50-57-42)40(54)47-34(19-28-11-9-8-10-12-28)41(55)48-37(24(3)4)38-44-27(7)49-51(38)21-35(52)45-30/h8-16,18,23-24,30,33-34,37H,17,19-22H2,1-7H3,(H,45,52)(H,46,53)(H,47,54)(H,48,55)/t30-,33-,34-,37-/m0/s1. The summed E-state index contributed by atoms with van der Waals surface area (Å²) in [6, 6.07) is 15.1. The van der Waals surface area contributed by atoms with Crippen LogP contribution in [0.5, 0.6) is 5.75 Å². The van der Waals surface area contributed by atoms with E-state index in [9.17, 15) is 19.2 Å². The van der Waals surface area contributed by atoms with E-state index in [0.29, 0.717) is 40.6 Å². The van der Waals surface area contributed by atoms with Crippen molar-refractivity contribution in [3.8, 4) is 5.75 Å². The van der Waals surface area contributed by atoms with Crippen LogP contribution < -0.4 is 26.0 Å². The number of aryl methyl sites for hydroxylation is 3. The summed E-state index contributed by atoms with van der Waals surface area (Å²) >= 11 is 0. The van der Waals surface area contributed by atoms with Crippen LogP contribution in [0.4, 0.5) is 0 Å². The molecule has 15 nitrogen and oxygen atoms in total. The van der Waals surface area contributed by atoms with E-state index >= 15 is 0 Å². The quantitative estimate of drug-likeness (QED) is 0.186. The predicted molar refractivity (Wildman–Crippen MR) is 212 cm³/mol. The lowest BCUT2D eigenvalue weighted by Gasteiger charge is -2.27. The number of benzene rings is 2. The van der Waals surface area contributed by atoms with E-state index < -0.39 is 35.8 Å². The van der Waals surface area contributed by atoms with Crippen LogP contribution in [-0.2, 0) is 33.8 Å². The average molecular weight is 778 g/mol. The molecule has 5 aromatic rings. The number of nitrogens with zero attached hydrogens (tertiary/aromatic N) is 5. The van der Waals surface area contributed by atoms with Gasteiger partial charge in [-0.2, -0.15) is 5.10 Å². The number of nitrogens with one attached hydrogen (secondary N) is 4. The van der Waals surface area contributed by atoms with Gasteiger partial charge in [0.15, 0.2) is 5.82 Å². The van der Waals surface area contributed by atoms with Gasteiger partial charge in [-0.05, 0) is 68.4 Å². The highest BCUT2D eigenvalue weighted by Gasteiger charge is 2.33. The summed E-state index contributed by atoms with van der Waals surface area (Å²) in [5, 5.41) is 21.1. The van der Waals surface area contributed by atoms with Crippen molar-refractivity contribution in [2.45, 2.75) is 98.4 Å². The molecule has 0 fully saturated rings. The summed E-state index contributed by atoms with van der Waals surface area (Å²) < 4.78 is 13.1. The van der Waals surface area contributed by atoms with E-state index in [1.54, 1.807) is 39.0 Å². The van der Waals surface area contributed by atoms with Gasteiger partial charge in [-0.25, -0.2) is 14.6 Å². The van der Waals surface area contributed by atoms with Gasteiger partial charge in [0.1, 0.15) is 36.8 Å². The number of amides is 4. The summed E-state index contributed by atoms with van der Waals surface area (Å²) in [5.41, 5.74) is 3.06. The van der Waals surface area contributed by atoms with Crippen LogP contribution in [0.1, 0.15) is 84.7 Å². The zero-order valence-electron chi connectivity index (χ0n) is 33.5. The number of carbonyl (C=O) groups is 4. The molecule has 0 saturated heterocycles. The van der Waals surface area contributed by atoms with Crippen LogP contribution in [-0.4, -0.2) is 73.3 Å². The molecule has 2 aliphatic rings. The summed E-state index contributed by atoms with van der Waals surface area (Å²) in [6.07, 6.45) is 0.927. The van der Waals surface area contributed by atoms with Gasteiger partial charge < -0.3 is 30.5 Å². The van der Waals surface area contributed by atoms with Gasteiger partial charge in [0.25, 0.3) is 11.6 Å². The van der Waals surface area contributed by atoms with Crippen LogP contribution >= 0.6 is 0 Å². The Balaban J connectivity index is 1.39. The molecule has 4 amide bonds. The number of pyridine rings is 1. The molecule has 5 heterocycles. The van der Waals surface area contributed by atoms with Crippen molar-refractivity contribution in [1.82, 2.24) is 46.2 Å². The second kappa shape index (κ2) is 17.8. The van der Waals surface area contributed by atoms with Gasteiger partial charge >= 0.3 is 0 Å². The first-order chi connectivity index (χ1) is 27.2. The first kappa shape index (κ1) is 40.5. The molecule has 4 atom stereocenters. The van der Waals surface area contributed by atoms with Gasteiger partial charge in [0.2, 0.25) is 17.7 Å². The highest BCUT2D eigenvalue weighted by molar-refractivity contribution is 6.07. The third kappa shape index (κ3) is 10.2. The Morgan fingerprint density at radius 2 is 1.67 bits per heavy atom. The topological polar surface area (TPSA) is 195 Å². The summed E-state index contributed by atoms with van der Waals surface area (Å²) in [7, 11) is 0. The molecule has 7 rings (SSSR count). The maximum atomic E-state index is 14.5. The fourth-order valence-corrected chi connectivity index (χ4v) is 7.08. The van der Waals surface area contributed by atoms with Crippen molar-refractivity contribution in [3.05, 3.63) is 100 Å². The van der Waals surface area contributed by atoms with Crippen LogP contribution in [0.25, 0.3) is 11.1 Å². The average Bonchev–Trinajstić information content (AvgIpc) is 3.72. The smallest absolute Gasteiger partial charge is 0.258 e. The summed E-state index contributed by atoms with van der Waals surface area (Å²) in [4.78, 5) is 65.6. The van der Waals surface area contributed by atoms with Crippen LogP contribution in [0.3, 0.4) is 0 Å². The minimum atomic E-state index is -1.11. The molecule has 15 heteroatoms. The monoisotopic (exact) mass is 777 g/mol. The van der Waals surface area contributed by atoms with Crippen molar-refractivity contribution >= 4 is 34.7 Å². The lowest BCUT2D eigenvalue weighted by Crippen LogP contribution is -2.55. The molecular weight excluding hydrogens is 727 g/mol. The maximum absolute atomic E-state index is 14.5. The number of rotatable bonds is 7. The van der Waals surface area contributed by atoms with Crippen LogP contribution in [0.15, 0.2) is 65.2 Å². The highest BCUT2D eigenvalue weighted by atomic mass is 16.5. The first-order valence-corrected chi connectivity index (χ1v) is 19.4. The first-order valence-electron chi connectivity index (χ1n) is 19.4. The lowest BCUT2D eigenvalue weighted by atomic mass is 9.99. The van der Waals surface area contributed by atoms with Gasteiger partial charge in [0, 0.05) is 18.5 Å². The fourth-order valence-electron chi connectivity index (χ4n) is 7.08. The Labute approximate surface area is 331 Å². The number of hydrogen-bond donors (Lipinski definition) is 4. The zero-order valence-corrected chi connectivity index (χ0v) is 33.5. The summed E-state index contributed by atoms with van der Waals surface area (Å²) in [5.74, 6) is -0.290. The second-order valence-corrected chi connectivity index (χ2v) is 15.5. The molecule has 2 aliphatic heterocycles. The number of carbonyl (C=O) groups excluding carboxylic acids is 4. The van der Waals surface area contributed by atoms with Gasteiger partial charge in [-0.15, -0.1) is 0 Å². The molecule has 2 aromatic carbocycles. The second-order valence-electron chi connectivity index (χ2n) is 15.5. The van der Waals surface area contributed by atoms with Gasteiger partial charge in [-0.1, -0.05) is 75.3 Å². The molecule has 4 N–H and O–H groups in total. The molecule has 0 radical (unpaired) electrons. The Kier molecular flexibility index (Phi) is 12.6. The van der Waals surface area contributed by atoms with Crippen LogP contribution in [0.2, 0.25) is 0 Å². The van der Waals surface area contributed by atoms with E-state index in [1.807, 2.05) is 56.3 Å². The molecule has 0 saturated carbocycles. The van der Waals surface area contributed by atoms with Gasteiger partial charge in [-0.3, -0.25) is 19.2 Å². The Morgan fingerprint density at radius 3 is 2.37 bits per heavy atom. The Hall–Kier alpha value is -6.12. The maximum Gasteiger partial charge on any atom is 0.258 e. The number of ether oxygens (including phenoxy) is 1. The predicted octanol–water partition coefficient (Wildman–Crippen LogP) is 4.24. The van der Waals surface area contributed by atoms with E-state index in [2.05, 4.69) is 55.3 Å². The van der Waals surface area contributed by atoms with Gasteiger partial charge in [0.05, 0.1) is 28.7 Å². The molecule has 0 aliphatic carbocycles. The number of fused-ring (bicyclic) bond motifs is 15. The third-order valence-electron chi connectivity index (χ3n) is 9.80. The SMILES string of the molecule is Cc1cc(C(=O)N[C@H]2Cc3ccc(cc3)OC[C@H](CC(C)C)NC(=O)Cn3nc(C)nc3[C@H](C(C)C)NC(=O)[C@H](Cc3ccccc3)NC2=O)c2c(C)noc2n1. The van der Waals surface area contributed by atoms with Crippen molar-refractivity contribution < 1.29 is 28.4 Å². The summed E-state index contributed by atoms with van der Waals surface area (Å²) in [6.45, 7) is 13.3. The van der Waals surface area contributed by atoms with E-state index in [0.717, 1.165) is 11.1 Å². The van der Waals surface area contributed by atoms with Crippen molar-refractivity contribution in [1.29, 1.82) is 0 Å². The molecule has 300 valence electrons. The minimum Gasteiger partial charge on any atom is -0.491 e. The van der Waals surface area contributed by atoms with Crippen molar-refractivity contribution in [3.63, 3.8) is 0 Å². The lowest BCUT2D eigenvalue weighted by molar-refractivity contribution is -0.130. The molecule has 0 unspecified atom stereocenters. The minimum absolute atomic E-state index is 0.0936. The normalized spacial score (nSPS) is 19.8. The van der Waals surface area contributed by atoms with E-state index in [1.165, 1.54) is 4.68 Å². The molecule has 0 spiro atoms. The third-order valence-corrected chi connectivity index (χ3v) is 9.80. The molecular formula is C42H51N9O6. The van der Waals surface area contributed by atoms with Crippen LogP contribution in [0, 0.1) is 32.6 Å². The Bertz CT molecular complexity index is 2210. The fraction of sp³-hybridized carbons (Fsp3) is 0.429. The number of aromatic nitrogens is 5. The molecule has 2 bridgehead atoms. The zero-order chi connectivity index (χ0) is 40.8. The highest BCUT2D eigenvalue weighted by Crippen LogP contribution is 2.24. The largest absolute Gasteiger partial charge is 0.491 e. The van der Waals surface area contributed by atoms with Crippen molar-refractivity contribution in [2.24, 2.45) is 11.8 Å². The van der Waals surface area contributed by atoms with E-state index in [-0.39, 0.29) is 61.1 Å². The van der Waals surface area contributed by atoms with Crippen molar-refractivity contribution in [2.75, 3.05) is 6.61 Å². The molecule has 57 heavy (non-hydrogen) atoms. The van der Waals surface area contributed by atoms with E-state index in [4.69, 9.17) is 9.26 Å². The Morgan fingerprint density at radius 1 is 0.930 bits per heavy atom. The number of hydrogen-bond acceptors (Lipinski definition) is 10. The molecule has 3 aromatic heterocycles.